The summed E-state index contributed by atoms with van der Waals surface area (Å²) < 4.78 is 0. The molecule has 14 heavy (non-hydrogen) atoms. The second-order valence-corrected chi connectivity index (χ2v) is 3.82. The molecule has 6 heteroatoms. The average molecular weight is 214 g/mol. The summed E-state index contributed by atoms with van der Waals surface area (Å²) in [6.45, 7) is 3.90. The summed E-state index contributed by atoms with van der Waals surface area (Å²) in [6, 6.07) is 0. The maximum Gasteiger partial charge on any atom is 0.305 e. The van der Waals surface area contributed by atoms with Crippen molar-refractivity contribution in [3.8, 4) is 0 Å². The maximum absolute atomic E-state index is 11.2. The second-order valence-electron chi connectivity index (χ2n) is 2.63. The maximum atomic E-state index is 11.2. The number of nitrogens with zero attached hydrogens (tertiary/aromatic N) is 1. The van der Waals surface area contributed by atoms with Gasteiger partial charge in [0.2, 0.25) is 5.91 Å². The number of rotatable bonds is 4. The molecule has 1 amide bonds. The molecule has 0 aromatic heterocycles. The van der Waals surface area contributed by atoms with E-state index in [9.17, 15) is 9.59 Å². The Hall–Kier alpha value is -1.30. The minimum absolute atomic E-state index is 0.177. The van der Waals surface area contributed by atoms with Crippen molar-refractivity contribution in [2.75, 3.05) is 6.54 Å². The summed E-state index contributed by atoms with van der Waals surface area (Å²) in [5.74, 6) is -1.28. The van der Waals surface area contributed by atoms with E-state index >= 15 is 0 Å². The van der Waals surface area contributed by atoms with Crippen molar-refractivity contribution in [3.63, 3.8) is 0 Å². The minimum atomic E-state index is -0.984. The van der Waals surface area contributed by atoms with Gasteiger partial charge in [-0.1, -0.05) is 17.8 Å². The molecule has 0 saturated carbocycles. The number of aliphatic imine (C=N–C) groups is 1. The van der Waals surface area contributed by atoms with Crippen LogP contribution in [-0.4, -0.2) is 33.9 Å². The van der Waals surface area contributed by atoms with Crippen LogP contribution in [0.1, 0.15) is 6.42 Å². The number of carbonyl (C=O) groups excluding carboxylic acids is 1. The highest BCUT2D eigenvalue weighted by atomic mass is 32.2. The summed E-state index contributed by atoms with van der Waals surface area (Å²) in [7, 11) is 0. The van der Waals surface area contributed by atoms with Gasteiger partial charge in [0.05, 0.1) is 13.0 Å². The van der Waals surface area contributed by atoms with E-state index in [4.69, 9.17) is 5.11 Å². The Balaban J connectivity index is 2.55. The highest BCUT2D eigenvalue weighted by Gasteiger charge is 2.31. The fourth-order valence-corrected chi connectivity index (χ4v) is 1.89. The van der Waals surface area contributed by atoms with E-state index in [1.54, 1.807) is 6.08 Å². The molecule has 1 atom stereocenters. The van der Waals surface area contributed by atoms with E-state index in [0.717, 1.165) is 11.8 Å². The Morgan fingerprint density at radius 2 is 2.50 bits per heavy atom. The summed E-state index contributed by atoms with van der Waals surface area (Å²) in [5, 5.41) is 10.9. The lowest BCUT2D eigenvalue weighted by molar-refractivity contribution is -0.138. The molecular weight excluding hydrogens is 204 g/mol. The van der Waals surface area contributed by atoms with Crippen LogP contribution >= 0.6 is 11.8 Å². The van der Waals surface area contributed by atoms with Gasteiger partial charge in [-0.3, -0.25) is 14.6 Å². The number of thioether (sulfide) groups is 1. The van der Waals surface area contributed by atoms with Gasteiger partial charge in [-0.15, -0.1) is 6.58 Å². The third kappa shape index (κ3) is 2.88. The van der Waals surface area contributed by atoms with Crippen molar-refractivity contribution in [3.05, 3.63) is 12.7 Å². The Bertz CT molecular complexity index is 301. The van der Waals surface area contributed by atoms with Crippen LogP contribution in [0.5, 0.6) is 0 Å². The topological polar surface area (TPSA) is 78.8 Å². The van der Waals surface area contributed by atoms with E-state index in [1.807, 2.05) is 0 Å². The van der Waals surface area contributed by atoms with Crippen LogP contribution in [0.2, 0.25) is 0 Å². The van der Waals surface area contributed by atoms with E-state index in [2.05, 4.69) is 16.9 Å². The molecule has 1 aliphatic heterocycles. The quantitative estimate of drug-likeness (QED) is 0.657. The van der Waals surface area contributed by atoms with Gasteiger partial charge in [-0.2, -0.15) is 0 Å². The van der Waals surface area contributed by atoms with Gasteiger partial charge in [0, 0.05) is 0 Å². The van der Waals surface area contributed by atoms with Crippen molar-refractivity contribution in [1.82, 2.24) is 5.32 Å². The predicted octanol–water partition coefficient (Wildman–Crippen LogP) is 0.235. The zero-order chi connectivity index (χ0) is 10.6. The van der Waals surface area contributed by atoms with Crippen molar-refractivity contribution in [2.45, 2.75) is 11.7 Å². The summed E-state index contributed by atoms with van der Waals surface area (Å²) >= 11 is 1.15. The van der Waals surface area contributed by atoms with Crippen LogP contribution in [0.25, 0.3) is 0 Å². The lowest BCUT2D eigenvalue weighted by Crippen LogP contribution is -2.26. The number of hydrogen-bond donors (Lipinski definition) is 2. The summed E-state index contributed by atoms with van der Waals surface area (Å²) in [4.78, 5) is 25.5. The molecule has 1 aliphatic rings. The number of hydrogen-bond acceptors (Lipinski definition) is 4. The lowest BCUT2D eigenvalue weighted by Gasteiger charge is -1.98. The molecule has 0 bridgehead atoms. The van der Waals surface area contributed by atoms with Crippen molar-refractivity contribution < 1.29 is 14.7 Å². The molecule has 1 saturated heterocycles. The van der Waals surface area contributed by atoms with Crippen LogP contribution in [0.15, 0.2) is 17.6 Å². The van der Waals surface area contributed by atoms with Crippen LogP contribution in [0.4, 0.5) is 0 Å². The second kappa shape index (κ2) is 4.80. The van der Waals surface area contributed by atoms with Gasteiger partial charge >= 0.3 is 5.97 Å². The SMILES string of the molecule is C=CCN=C1NC(=O)C(CC(=O)O)S1. The van der Waals surface area contributed by atoms with E-state index in [-0.39, 0.29) is 12.3 Å². The van der Waals surface area contributed by atoms with E-state index < -0.39 is 11.2 Å². The van der Waals surface area contributed by atoms with Gasteiger partial charge in [0.1, 0.15) is 5.25 Å². The van der Waals surface area contributed by atoms with E-state index in [0.29, 0.717) is 11.7 Å². The number of carbonyl (C=O) groups is 2. The highest BCUT2D eigenvalue weighted by Crippen LogP contribution is 2.21. The van der Waals surface area contributed by atoms with Gasteiger partial charge in [-0.05, 0) is 0 Å². The van der Waals surface area contributed by atoms with Crippen molar-refractivity contribution in [2.24, 2.45) is 4.99 Å². The Morgan fingerprint density at radius 1 is 1.79 bits per heavy atom. The zero-order valence-electron chi connectivity index (χ0n) is 7.40. The van der Waals surface area contributed by atoms with Gasteiger partial charge in [0.25, 0.3) is 0 Å². The number of carboxylic acid groups (broad SMARTS) is 1. The molecule has 1 rings (SSSR count). The summed E-state index contributed by atoms with van der Waals surface area (Å²) in [6.07, 6.45) is 1.42. The molecule has 1 heterocycles. The molecule has 0 spiro atoms. The molecule has 5 nitrogen and oxygen atoms in total. The third-order valence-corrected chi connectivity index (χ3v) is 2.62. The van der Waals surface area contributed by atoms with Gasteiger partial charge in [0.15, 0.2) is 5.17 Å². The standard InChI is InChI=1S/C8H10N2O3S/c1-2-3-9-8-10-7(13)5(14-8)4-6(11)12/h2,5H,1,3-4H2,(H,11,12)(H,9,10,13). The molecule has 2 N–H and O–H groups in total. The van der Waals surface area contributed by atoms with Crippen LogP contribution < -0.4 is 5.32 Å². The Kier molecular flexibility index (Phi) is 3.70. The monoisotopic (exact) mass is 214 g/mol. The molecule has 0 aromatic rings. The predicted molar refractivity (Wildman–Crippen MR) is 54.3 cm³/mol. The number of amides is 1. The number of aliphatic carboxylic acids is 1. The highest BCUT2D eigenvalue weighted by molar-refractivity contribution is 8.15. The Labute approximate surface area is 85.3 Å². The van der Waals surface area contributed by atoms with Crippen molar-refractivity contribution in [1.29, 1.82) is 0 Å². The van der Waals surface area contributed by atoms with Crippen molar-refractivity contribution >= 4 is 28.8 Å². The first-order valence-corrected chi connectivity index (χ1v) is 4.86. The van der Waals surface area contributed by atoms with Gasteiger partial charge in [-0.25, -0.2) is 0 Å². The molecule has 0 aliphatic carbocycles. The van der Waals surface area contributed by atoms with Crippen LogP contribution in [-0.2, 0) is 9.59 Å². The normalized spacial score (nSPS) is 23.6. The fraction of sp³-hybridized carbons (Fsp3) is 0.375. The number of amidine groups is 1. The fourth-order valence-electron chi connectivity index (χ4n) is 0.921. The first kappa shape index (κ1) is 10.8. The zero-order valence-corrected chi connectivity index (χ0v) is 8.21. The molecule has 0 radical (unpaired) electrons. The van der Waals surface area contributed by atoms with Crippen LogP contribution in [0, 0.1) is 0 Å². The number of nitrogens with one attached hydrogen (secondary N) is 1. The third-order valence-electron chi connectivity index (χ3n) is 1.50. The average Bonchev–Trinajstić information content (AvgIpc) is 2.43. The molecule has 0 aromatic carbocycles. The first-order chi connectivity index (χ1) is 6.63. The molecule has 1 unspecified atom stereocenters. The summed E-state index contributed by atoms with van der Waals surface area (Å²) in [5.41, 5.74) is 0. The van der Waals surface area contributed by atoms with Crippen LogP contribution in [0.3, 0.4) is 0 Å². The molecule has 76 valence electrons. The Morgan fingerprint density at radius 3 is 3.07 bits per heavy atom. The smallest absolute Gasteiger partial charge is 0.305 e. The van der Waals surface area contributed by atoms with E-state index in [1.165, 1.54) is 0 Å². The van der Waals surface area contributed by atoms with Gasteiger partial charge < -0.3 is 10.4 Å². The first-order valence-electron chi connectivity index (χ1n) is 3.98. The minimum Gasteiger partial charge on any atom is -0.481 e. The molecule has 1 fully saturated rings. The largest absolute Gasteiger partial charge is 0.481 e. The molecular formula is C8H10N2O3S. The number of carboxylic acids is 1. The lowest BCUT2D eigenvalue weighted by atomic mass is 10.3.